The fraction of sp³-hybridized carbons (Fsp3) is 0.600. The van der Waals surface area contributed by atoms with Gasteiger partial charge in [-0.05, 0) is 25.8 Å². The van der Waals surface area contributed by atoms with Crippen LogP contribution < -0.4 is 5.32 Å². The van der Waals surface area contributed by atoms with Crippen molar-refractivity contribution in [3.8, 4) is 0 Å². The Bertz CT molecular complexity index is 312. The molecule has 0 aliphatic rings. The molecule has 0 unspecified atom stereocenters. The number of hydrogen-bond acceptors (Lipinski definition) is 3. The van der Waals surface area contributed by atoms with E-state index in [1.54, 1.807) is 7.11 Å². The highest BCUT2D eigenvalue weighted by atomic mass is 16.5. The van der Waals surface area contributed by atoms with Gasteiger partial charge in [-0.1, -0.05) is 30.3 Å². The maximum Gasteiger partial charge on any atom is 0.0644 e. The minimum absolute atomic E-state index is 0.0858. The maximum atomic E-state index is 5.57. The predicted molar refractivity (Wildman–Crippen MR) is 74.7 cm³/mol. The zero-order valence-electron chi connectivity index (χ0n) is 11.7. The Morgan fingerprint density at radius 1 is 1.11 bits per heavy atom. The molecule has 0 spiro atoms. The molecule has 0 fully saturated rings. The molecule has 3 nitrogen and oxygen atoms in total. The van der Waals surface area contributed by atoms with E-state index in [1.165, 1.54) is 5.56 Å². The smallest absolute Gasteiger partial charge is 0.0644 e. The normalized spacial score (nSPS) is 11.7. The molecule has 1 N–H and O–H groups in total. The van der Waals surface area contributed by atoms with Gasteiger partial charge < -0.3 is 14.8 Å². The van der Waals surface area contributed by atoms with Gasteiger partial charge in [0.25, 0.3) is 0 Å². The fourth-order valence-electron chi connectivity index (χ4n) is 1.50. The number of nitrogens with one attached hydrogen (secondary N) is 1. The lowest BCUT2D eigenvalue weighted by Crippen LogP contribution is -2.25. The van der Waals surface area contributed by atoms with Crippen molar-refractivity contribution in [3.63, 3.8) is 0 Å². The number of rotatable bonds is 9. The average molecular weight is 251 g/mol. The lowest BCUT2D eigenvalue weighted by Gasteiger charge is -2.22. The molecule has 1 rings (SSSR count). The summed E-state index contributed by atoms with van der Waals surface area (Å²) in [5.41, 5.74) is 1.22. The van der Waals surface area contributed by atoms with E-state index in [0.29, 0.717) is 0 Å². The van der Waals surface area contributed by atoms with Crippen molar-refractivity contribution in [2.24, 2.45) is 0 Å². The molecule has 0 aliphatic heterocycles. The zero-order chi connectivity index (χ0) is 13.3. The molecule has 1 aromatic rings. The summed E-state index contributed by atoms with van der Waals surface area (Å²) in [6.07, 6.45) is 0.919. The first-order valence-corrected chi connectivity index (χ1v) is 6.51. The second-order valence-electron chi connectivity index (χ2n) is 4.99. The Balaban J connectivity index is 1.96. The Kier molecular flexibility index (Phi) is 6.94. The molecule has 0 radical (unpaired) electrons. The highest BCUT2D eigenvalue weighted by molar-refractivity contribution is 5.14. The van der Waals surface area contributed by atoms with Gasteiger partial charge in [0.15, 0.2) is 0 Å². The standard InChI is InChI=1S/C15H25NO2/c1-15(2,17-3)9-11-18-12-10-16-13-14-7-5-4-6-8-14/h4-8,16H,9-13H2,1-3H3. The summed E-state index contributed by atoms with van der Waals surface area (Å²) in [4.78, 5) is 0. The summed E-state index contributed by atoms with van der Waals surface area (Å²) in [6.45, 7) is 7.41. The van der Waals surface area contributed by atoms with Gasteiger partial charge in [0.1, 0.15) is 0 Å². The van der Waals surface area contributed by atoms with Crippen molar-refractivity contribution < 1.29 is 9.47 Å². The molecule has 102 valence electrons. The van der Waals surface area contributed by atoms with Gasteiger partial charge in [-0.3, -0.25) is 0 Å². The third-order valence-corrected chi connectivity index (χ3v) is 3.00. The molecule has 0 heterocycles. The lowest BCUT2D eigenvalue weighted by atomic mass is 10.1. The average Bonchev–Trinajstić information content (AvgIpc) is 2.39. The monoisotopic (exact) mass is 251 g/mol. The van der Waals surface area contributed by atoms with Crippen molar-refractivity contribution in [2.45, 2.75) is 32.4 Å². The van der Waals surface area contributed by atoms with Crippen LogP contribution in [0.15, 0.2) is 30.3 Å². The Labute approximate surface area is 110 Å². The van der Waals surface area contributed by atoms with Crippen molar-refractivity contribution in [1.82, 2.24) is 5.32 Å². The predicted octanol–water partition coefficient (Wildman–Crippen LogP) is 2.61. The lowest BCUT2D eigenvalue weighted by molar-refractivity contribution is -0.00936. The SMILES string of the molecule is COC(C)(C)CCOCCNCc1ccccc1. The third-order valence-electron chi connectivity index (χ3n) is 3.00. The van der Waals surface area contributed by atoms with Crippen LogP contribution in [0.1, 0.15) is 25.8 Å². The first-order chi connectivity index (χ1) is 8.64. The first-order valence-electron chi connectivity index (χ1n) is 6.51. The third kappa shape index (κ3) is 6.74. The molecule has 0 atom stereocenters. The molecule has 0 aliphatic carbocycles. The molecule has 0 amide bonds. The molecular weight excluding hydrogens is 226 g/mol. The molecule has 18 heavy (non-hydrogen) atoms. The Morgan fingerprint density at radius 3 is 2.50 bits per heavy atom. The summed E-state index contributed by atoms with van der Waals surface area (Å²) in [5.74, 6) is 0. The van der Waals surface area contributed by atoms with Crippen LogP contribution in [0.2, 0.25) is 0 Å². The molecule has 0 saturated heterocycles. The van der Waals surface area contributed by atoms with Crippen LogP contribution >= 0.6 is 0 Å². The van der Waals surface area contributed by atoms with E-state index in [1.807, 2.05) is 6.07 Å². The number of ether oxygens (including phenoxy) is 2. The first kappa shape index (κ1) is 15.2. The van der Waals surface area contributed by atoms with Gasteiger partial charge in [-0.15, -0.1) is 0 Å². The van der Waals surface area contributed by atoms with Gasteiger partial charge in [0.05, 0.1) is 12.2 Å². The Hall–Kier alpha value is -0.900. The van der Waals surface area contributed by atoms with E-state index in [9.17, 15) is 0 Å². The second kappa shape index (κ2) is 8.25. The number of methoxy groups -OCH3 is 1. The van der Waals surface area contributed by atoms with Gasteiger partial charge in [-0.2, -0.15) is 0 Å². The molecule has 0 bridgehead atoms. The summed E-state index contributed by atoms with van der Waals surface area (Å²) in [5, 5.41) is 3.36. The van der Waals surface area contributed by atoms with Crippen molar-refractivity contribution in [2.75, 3.05) is 26.9 Å². The largest absolute Gasteiger partial charge is 0.380 e. The molecule has 3 heteroatoms. The van der Waals surface area contributed by atoms with Crippen LogP contribution in [0.25, 0.3) is 0 Å². The van der Waals surface area contributed by atoms with E-state index in [4.69, 9.17) is 9.47 Å². The van der Waals surface area contributed by atoms with E-state index < -0.39 is 0 Å². The van der Waals surface area contributed by atoms with E-state index in [2.05, 4.69) is 43.4 Å². The van der Waals surface area contributed by atoms with Crippen LogP contribution in [0.4, 0.5) is 0 Å². The summed E-state index contributed by atoms with van der Waals surface area (Å²) >= 11 is 0. The van der Waals surface area contributed by atoms with Gasteiger partial charge in [0.2, 0.25) is 0 Å². The van der Waals surface area contributed by atoms with Gasteiger partial charge in [-0.25, -0.2) is 0 Å². The highest BCUT2D eigenvalue weighted by Crippen LogP contribution is 2.12. The van der Waals surface area contributed by atoms with E-state index >= 15 is 0 Å². The Morgan fingerprint density at radius 2 is 1.83 bits per heavy atom. The molecule has 1 aromatic carbocycles. The second-order valence-corrected chi connectivity index (χ2v) is 4.99. The summed E-state index contributed by atoms with van der Waals surface area (Å²) < 4.78 is 10.9. The van der Waals surface area contributed by atoms with Crippen LogP contribution in [-0.4, -0.2) is 32.5 Å². The highest BCUT2D eigenvalue weighted by Gasteiger charge is 2.15. The fourth-order valence-corrected chi connectivity index (χ4v) is 1.50. The minimum Gasteiger partial charge on any atom is -0.380 e. The van der Waals surface area contributed by atoms with Gasteiger partial charge >= 0.3 is 0 Å². The van der Waals surface area contributed by atoms with Crippen molar-refractivity contribution >= 4 is 0 Å². The number of benzene rings is 1. The zero-order valence-corrected chi connectivity index (χ0v) is 11.7. The van der Waals surface area contributed by atoms with Crippen molar-refractivity contribution in [1.29, 1.82) is 0 Å². The van der Waals surface area contributed by atoms with E-state index in [-0.39, 0.29) is 5.60 Å². The molecular formula is C15H25NO2. The van der Waals surface area contributed by atoms with Crippen LogP contribution in [0.3, 0.4) is 0 Å². The quantitative estimate of drug-likeness (QED) is 0.684. The van der Waals surface area contributed by atoms with Gasteiger partial charge in [0, 0.05) is 26.8 Å². The minimum atomic E-state index is -0.0858. The van der Waals surface area contributed by atoms with Crippen molar-refractivity contribution in [3.05, 3.63) is 35.9 Å². The van der Waals surface area contributed by atoms with Crippen LogP contribution in [0, 0.1) is 0 Å². The topological polar surface area (TPSA) is 30.5 Å². The number of hydrogen-bond donors (Lipinski definition) is 1. The summed E-state index contributed by atoms with van der Waals surface area (Å²) in [7, 11) is 1.74. The summed E-state index contributed by atoms with van der Waals surface area (Å²) in [6, 6.07) is 10.4. The molecule has 0 aromatic heterocycles. The maximum absolute atomic E-state index is 5.57. The van der Waals surface area contributed by atoms with E-state index in [0.717, 1.165) is 32.7 Å². The van der Waals surface area contributed by atoms with Crippen LogP contribution in [0.5, 0.6) is 0 Å². The van der Waals surface area contributed by atoms with Crippen LogP contribution in [-0.2, 0) is 16.0 Å². The molecule has 0 saturated carbocycles.